The van der Waals surface area contributed by atoms with Gasteiger partial charge in [-0.1, -0.05) is 0 Å². The summed E-state index contributed by atoms with van der Waals surface area (Å²) in [6.07, 6.45) is 8.13. The Morgan fingerprint density at radius 3 is 3.00 bits per heavy atom. The van der Waals surface area contributed by atoms with Crippen molar-refractivity contribution < 1.29 is 0 Å². The summed E-state index contributed by atoms with van der Waals surface area (Å²) in [6.45, 7) is 1.11. The first-order valence-electron chi connectivity index (χ1n) is 7.43. The molecule has 0 aromatic carbocycles. The zero-order chi connectivity index (χ0) is 14.8. The molecule has 0 amide bonds. The van der Waals surface area contributed by atoms with Crippen LogP contribution in [0.4, 0.5) is 11.4 Å². The van der Waals surface area contributed by atoms with Crippen molar-refractivity contribution in [3.8, 4) is 0 Å². The van der Waals surface area contributed by atoms with Crippen molar-refractivity contribution in [3.63, 3.8) is 0 Å². The van der Waals surface area contributed by atoms with Crippen molar-refractivity contribution in [3.05, 3.63) is 42.5 Å². The van der Waals surface area contributed by atoms with Crippen LogP contribution in [0, 0.1) is 0 Å². The Morgan fingerprint density at radius 1 is 1.33 bits per heavy atom. The zero-order valence-electron chi connectivity index (χ0n) is 13.0. The molecule has 21 heavy (non-hydrogen) atoms. The first-order valence-corrected chi connectivity index (χ1v) is 7.43. The molecule has 0 fully saturated rings. The Morgan fingerprint density at radius 2 is 2.19 bits per heavy atom. The largest absolute Gasteiger partial charge is 0.374 e. The molecule has 0 bridgehead atoms. The van der Waals surface area contributed by atoms with E-state index in [9.17, 15) is 0 Å². The number of rotatable bonds is 4. The van der Waals surface area contributed by atoms with Crippen LogP contribution >= 0.6 is 0 Å². The highest BCUT2D eigenvalue weighted by atomic mass is 15.5. The van der Waals surface area contributed by atoms with Crippen LogP contribution in [0.2, 0.25) is 0 Å². The van der Waals surface area contributed by atoms with Gasteiger partial charge < -0.3 is 10.2 Å². The lowest BCUT2D eigenvalue weighted by Crippen LogP contribution is -2.25. The number of pyridine rings is 1. The van der Waals surface area contributed by atoms with Gasteiger partial charge in [0.25, 0.3) is 0 Å². The fourth-order valence-corrected chi connectivity index (χ4v) is 2.92. The van der Waals surface area contributed by atoms with E-state index < -0.39 is 0 Å². The summed E-state index contributed by atoms with van der Waals surface area (Å²) in [5, 5.41) is 5.83. The highest BCUT2D eigenvalue weighted by Crippen LogP contribution is 2.34. The molecule has 1 atom stereocenters. The van der Waals surface area contributed by atoms with Gasteiger partial charge in [0, 0.05) is 19.4 Å². The van der Waals surface area contributed by atoms with Crippen molar-refractivity contribution in [1.29, 1.82) is 0 Å². The molecular weight excluding hydrogens is 262 g/mol. The minimum absolute atomic E-state index is 0.313. The van der Waals surface area contributed by atoms with Gasteiger partial charge in [-0.3, -0.25) is 14.7 Å². The number of hydrogen-bond donors (Lipinski definition) is 1. The molecule has 3 rings (SSSR count). The van der Waals surface area contributed by atoms with E-state index in [0.29, 0.717) is 6.04 Å². The topological polar surface area (TPSA) is 36.3 Å². The Balaban J connectivity index is 1.90. The van der Waals surface area contributed by atoms with Gasteiger partial charge in [-0.25, -0.2) is 0 Å². The molecule has 112 valence electrons. The lowest BCUT2D eigenvalue weighted by Gasteiger charge is -2.22. The van der Waals surface area contributed by atoms with Gasteiger partial charge in [0.15, 0.2) is 0 Å². The van der Waals surface area contributed by atoms with E-state index in [-0.39, 0.29) is 0 Å². The quantitative estimate of drug-likeness (QED) is 0.937. The molecule has 1 aliphatic heterocycles. The fraction of sp³-hybridized carbons (Fsp3) is 0.438. The van der Waals surface area contributed by atoms with Crippen molar-refractivity contribution >= 4 is 11.4 Å². The standard InChI is InChI=1S/C16H23N5/c1-19(2)10-4-6-13-16-7-5-11-21(16)20(3)15-8-9-17-12-14(15)18-13/h5,7-9,11-13,18H,4,6,10H2,1-3H3. The normalized spacial score (nSPS) is 17.1. The Kier molecular flexibility index (Phi) is 3.84. The predicted octanol–water partition coefficient (Wildman–Crippen LogP) is 2.59. The third-order valence-corrected chi connectivity index (χ3v) is 4.01. The molecule has 1 N–H and O–H groups in total. The van der Waals surface area contributed by atoms with E-state index in [4.69, 9.17) is 0 Å². The van der Waals surface area contributed by atoms with Gasteiger partial charge >= 0.3 is 0 Å². The van der Waals surface area contributed by atoms with Crippen LogP contribution in [0.25, 0.3) is 0 Å². The van der Waals surface area contributed by atoms with Gasteiger partial charge in [0.1, 0.15) is 0 Å². The molecule has 2 aromatic heterocycles. The Hall–Kier alpha value is -2.01. The van der Waals surface area contributed by atoms with E-state index in [1.54, 1.807) is 0 Å². The van der Waals surface area contributed by atoms with Crippen LogP contribution in [0.5, 0.6) is 0 Å². The summed E-state index contributed by atoms with van der Waals surface area (Å²) in [5.74, 6) is 0. The smallest absolute Gasteiger partial charge is 0.0837 e. The maximum atomic E-state index is 4.26. The van der Waals surface area contributed by atoms with E-state index in [0.717, 1.165) is 30.8 Å². The van der Waals surface area contributed by atoms with Gasteiger partial charge in [-0.2, -0.15) is 0 Å². The number of anilines is 2. The van der Waals surface area contributed by atoms with Crippen molar-refractivity contribution in [1.82, 2.24) is 14.6 Å². The van der Waals surface area contributed by atoms with Gasteiger partial charge in [-0.05, 0) is 51.7 Å². The minimum atomic E-state index is 0.313. The second kappa shape index (κ2) is 5.77. The lowest BCUT2D eigenvalue weighted by molar-refractivity contribution is 0.387. The molecule has 1 unspecified atom stereocenters. The van der Waals surface area contributed by atoms with E-state index in [1.165, 1.54) is 5.69 Å². The Bertz CT molecular complexity index is 604. The van der Waals surface area contributed by atoms with Crippen molar-refractivity contribution in [2.24, 2.45) is 0 Å². The molecule has 0 saturated carbocycles. The molecule has 5 nitrogen and oxygen atoms in total. The molecule has 1 aliphatic rings. The van der Waals surface area contributed by atoms with Crippen LogP contribution in [0.1, 0.15) is 24.6 Å². The number of hydrogen-bond acceptors (Lipinski definition) is 4. The fourth-order valence-electron chi connectivity index (χ4n) is 2.92. The third-order valence-electron chi connectivity index (χ3n) is 4.01. The number of aromatic nitrogens is 2. The second-order valence-electron chi connectivity index (χ2n) is 5.84. The van der Waals surface area contributed by atoms with Crippen LogP contribution in [0.3, 0.4) is 0 Å². The number of fused-ring (bicyclic) bond motifs is 2. The molecule has 2 aromatic rings. The molecule has 5 heteroatoms. The highest BCUT2D eigenvalue weighted by molar-refractivity contribution is 5.70. The molecular formula is C16H23N5. The van der Waals surface area contributed by atoms with Crippen LogP contribution in [-0.4, -0.2) is 42.2 Å². The third kappa shape index (κ3) is 2.74. The number of nitrogens with zero attached hydrogens (tertiary/aromatic N) is 4. The highest BCUT2D eigenvalue weighted by Gasteiger charge is 2.23. The number of nitrogens with one attached hydrogen (secondary N) is 1. The Labute approximate surface area is 126 Å². The molecule has 3 heterocycles. The van der Waals surface area contributed by atoms with E-state index >= 15 is 0 Å². The van der Waals surface area contributed by atoms with Gasteiger partial charge in [-0.15, -0.1) is 0 Å². The zero-order valence-corrected chi connectivity index (χ0v) is 13.0. The summed E-state index contributed by atoms with van der Waals surface area (Å²) < 4.78 is 2.22. The summed E-state index contributed by atoms with van der Waals surface area (Å²) in [7, 11) is 6.33. The maximum absolute atomic E-state index is 4.26. The van der Waals surface area contributed by atoms with Gasteiger partial charge in [0.2, 0.25) is 0 Å². The van der Waals surface area contributed by atoms with Crippen LogP contribution in [-0.2, 0) is 0 Å². The molecule has 0 saturated heterocycles. The van der Waals surface area contributed by atoms with Crippen LogP contribution in [0.15, 0.2) is 36.8 Å². The minimum Gasteiger partial charge on any atom is -0.374 e. The maximum Gasteiger partial charge on any atom is 0.0837 e. The van der Waals surface area contributed by atoms with E-state index in [1.807, 2.05) is 18.5 Å². The van der Waals surface area contributed by atoms with Crippen LogP contribution < -0.4 is 10.3 Å². The average molecular weight is 285 g/mol. The van der Waals surface area contributed by atoms with Crippen molar-refractivity contribution in [2.75, 3.05) is 38.0 Å². The van der Waals surface area contributed by atoms with E-state index in [2.05, 4.69) is 64.4 Å². The predicted molar refractivity (Wildman–Crippen MR) is 86.6 cm³/mol. The van der Waals surface area contributed by atoms with Crippen molar-refractivity contribution in [2.45, 2.75) is 18.9 Å². The average Bonchev–Trinajstić information content (AvgIpc) is 2.91. The molecule has 0 spiro atoms. The summed E-state index contributed by atoms with van der Waals surface area (Å²) in [5.41, 5.74) is 3.54. The van der Waals surface area contributed by atoms with Gasteiger partial charge in [0.05, 0.1) is 29.3 Å². The first kappa shape index (κ1) is 13.9. The summed E-state index contributed by atoms with van der Waals surface area (Å²) >= 11 is 0. The SMILES string of the molecule is CN(C)CCCC1Nc2cnccc2N(C)n2cccc21. The summed E-state index contributed by atoms with van der Waals surface area (Å²) in [6, 6.07) is 6.67. The molecule has 0 aliphatic carbocycles. The first-order chi connectivity index (χ1) is 10.2. The second-order valence-corrected chi connectivity index (χ2v) is 5.84. The monoisotopic (exact) mass is 285 g/mol. The lowest BCUT2D eigenvalue weighted by atomic mass is 10.1. The molecule has 0 radical (unpaired) electrons. The summed E-state index contributed by atoms with van der Waals surface area (Å²) in [4.78, 5) is 6.49.